The number of likely N-dealkylation sites (tertiary alicyclic amines) is 1. The van der Waals surface area contributed by atoms with Gasteiger partial charge in [-0.05, 0) is 56.8 Å². The van der Waals surface area contributed by atoms with E-state index < -0.39 is 0 Å². The fourth-order valence-electron chi connectivity index (χ4n) is 3.82. The highest BCUT2D eigenvalue weighted by atomic mass is 16.2. The van der Waals surface area contributed by atoms with Gasteiger partial charge in [-0.3, -0.25) is 0 Å². The maximum Gasteiger partial charge on any atom is 0.322 e. The minimum absolute atomic E-state index is 0.0802. The molecule has 4 heteroatoms. The Morgan fingerprint density at radius 2 is 1.82 bits per heavy atom. The molecule has 0 saturated carbocycles. The van der Waals surface area contributed by atoms with Gasteiger partial charge < -0.3 is 15.5 Å². The summed E-state index contributed by atoms with van der Waals surface area (Å²) in [6.07, 6.45) is 7.18. The quantitative estimate of drug-likeness (QED) is 0.878. The summed E-state index contributed by atoms with van der Waals surface area (Å²) >= 11 is 0. The number of carbonyl (C=O) groups excluding carboxylic acids is 1. The number of urea groups is 1. The molecule has 1 atom stereocenters. The molecule has 2 saturated heterocycles. The Labute approximate surface area is 133 Å². The first-order chi connectivity index (χ1) is 10.8. The second-order valence-corrected chi connectivity index (χ2v) is 6.49. The zero-order valence-corrected chi connectivity index (χ0v) is 13.3. The fourth-order valence-corrected chi connectivity index (χ4v) is 3.82. The monoisotopic (exact) mass is 301 g/mol. The van der Waals surface area contributed by atoms with E-state index >= 15 is 0 Å². The van der Waals surface area contributed by atoms with Crippen LogP contribution in [-0.4, -0.2) is 36.6 Å². The summed E-state index contributed by atoms with van der Waals surface area (Å²) < 4.78 is 0. The maximum atomic E-state index is 12.8. The summed E-state index contributed by atoms with van der Waals surface area (Å²) in [5.41, 5.74) is 0.890. The number of benzene rings is 1. The lowest BCUT2D eigenvalue weighted by Crippen LogP contribution is -2.48. The van der Waals surface area contributed by atoms with Gasteiger partial charge in [0.15, 0.2) is 0 Å². The molecule has 0 aromatic heterocycles. The van der Waals surface area contributed by atoms with Crippen LogP contribution in [0.3, 0.4) is 0 Å². The molecule has 120 valence electrons. The SMILES string of the molecule is O=C(Nc1ccccc1)N1CCCCC[C@@H]1C1CCNCC1. The van der Waals surface area contributed by atoms with Crippen molar-refractivity contribution in [2.75, 3.05) is 25.0 Å². The molecule has 2 fully saturated rings. The van der Waals surface area contributed by atoms with Crippen molar-refractivity contribution in [1.82, 2.24) is 10.2 Å². The standard InChI is InChI=1S/C18H27N3O/c22-18(20-16-7-3-1-4-8-16)21-14-6-2-5-9-17(21)15-10-12-19-13-11-15/h1,3-4,7-8,15,17,19H,2,5-6,9-14H2,(H,20,22)/t17-/m1/s1. The molecule has 4 nitrogen and oxygen atoms in total. The average Bonchev–Trinajstić information content (AvgIpc) is 2.82. The van der Waals surface area contributed by atoms with Crippen LogP contribution in [-0.2, 0) is 0 Å². The van der Waals surface area contributed by atoms with Crippen LogP contribution in [0.15, 0.2) is 30.3 Å². The third kappa shape index (κ3) is 3.80. The molecule has 1 aromatic rings. The van der Waals surface area contributed by atoms with Crippen LogP contribution in [0, 0.1) is 5.92 Å². The Morgan fingerprint density at radius 3 is 2.59 bits per heavy atom. The van der Waals surface area contributed by atoms with Gasteiger partial charge in [-0.1, -0.05) is 31.0 Å². The van der Waals surface area contributed by atoms with Crippen molar-refractivity contribution in [2.45, 2.75) is 44.6 Å². The van der Waals surface area contributed by atoms with Crippen molar-refractivity contribution < 1.29 is 4.79 Å². The van der Waals surface area contributed by atoms with Gasteiger partial charge in [0.25, 0.3) is 0 Å². The van der Waals surface area contributed by atoms with Crippen LogP contribution in [0.4, 0.5) is 10.5 Å². The fraction of sp³-hybridized carbons (Fsp3) is 0.611. The van der Waals surface area contributed by atoms with E-state index in [0.29, 0.717) is 12.0 Å². The van der Waals surface area contributed by atoms with Gasteiger partial charge in [-0.15, -0.1) is 0 Å². The number of amides is 2. The van der Waals surface area contributed by atoms with Gasteiger partial charge >= 0.3 is 6.03 Å². The number of hydrogen-bond acceptors (Lipinski definition) is 2. The molecule has 0 radical (unpaired) electrons. The van der Waals surface area contributed by atoms with Crippen molar-refractivity contribution in [2.24, 2.45) is 5.92 Å². The number of hydrogen-bond donors (Lipinski definition) is 2. The topological polar surface area (TPSA) is 44.4 Å². The Hall–Kier alpha value is -1.55. The van der Waals surface area contributed by atoms with Gasteiger partial charge in [-0.2, -0.15) is 0 Å². The normalized spacial score (nSPS) is 23.8. The second kappa shape index (κ2) is 7.63. The van der Waals surface area contributed by atoms with E-state index in [2.05, 4.69) is 15.5 Å². The zero-order chi connectivity index (χ0) is 15.2. The molecule has 0 bridgehead atoms. The summed E-state index contributed by atoms with van der Waals surface area (Å²) in [7, 11) is 0. The van der Waals surface area contributed by atoms with Crippen LogP contribution in [0.25, 0.3) is 0 Å². The Bertz CT molecular complexity index is 470. The number of anilines is 1. The molecule has 2 aliphatic heterocycles. The summed E-state index contributed by atoms with van der Waals surface area (Å²) in [6.45, 7) is 3.08. The lowest BCUT2D eigenvalue weighted by molar-refractivity contribution is 0.143. The van der Waals surface area contributed by atoms with Gasteiger partial charge in [0.05, 0.1) is 0 Å². The summed E-state index contributed by atoms with van der Waals surface area (Å²) in [6, 6.07) is 10.3. The largest absolute Gasteiger partial charge is 0.322 e. The lowest BCUT2D eigenvalue weighted by Gasteiger charge is -2.38. The number of piperidine rings is 1. The predicted molar refractivity (Wildman–Crippen MR) is 90.0 cm³/mol. The van der Waals surface area contributed by atoms with E-state index in [0.717, 1.165) is 38.2 Å². The Balaban J connectivity index is 1.70. The van der Waals surface area contributed by atoms with Gasteiger partial charge in [0.2, 0.25) is 0 Å². The number of nitrogens with zero attached hydrogens (tertiary/aromatic N) is 1. The number of para-hydroxylation sites is 1. The van der Waals surface area contributed by atoms with E-state index in [4.69, 9.17) is 0 Å². The third-order valence-electron chi connectivity index (χ3n) is 5.01. The third-order valence-corrected chi connectivity index (χ3v) is 5.01. The molecule has 2 amide bonds. The Morgan fingerprint density at radius 1 is 1.05 bits per heavy atom. The molecular formula is C18H27N3O. The van der Waals surface area contributed by atoms with Crippen molar-refractivity contribution >= 4 is 11.7 Å². The second-order valence-electron chi connectivity index (χ2n) is 6.49. The maximum absolute atomic E-state index is 12.8. The molecule has 2 N–H and O–H groups in total. The first kappa shape index (κ1) is 15.3. The van der Waals surface area contributed by atoms with Crippen LogP contribution in [0.2, 0.25) is 0 Å². The van der Waals surface area contributed by atoms with Gasteiger partial charge in [-0.25, -0.2) is 4.79 Å². The van der Waals surface area contributed by atoms with Crippen molar-refractivity contribution in [1.29, 1.82) is 0 Å². The number of rotatable bonds is 2. The molecule has 0 aliphatic carbocycles. The van der Waals surface area contributed by atoms with E-state index in [1.807, 2.05) is 30.3 Å². The smallest absolute Gasteiger partial charge is 0.321 e. The van der Waals surface area contributed by atoms with E-state index in [1.54, 1.807) is 0 Å². The molecule has 2 heterocycles. The zero-order valence-electron chi connectivity index (χ0n) is 13.3. The highest BCUT2D eigenvalue weighted by Crippen LogP contribution is 2.28. The van der Waals surface area contributed by atoms with Crippen molar-refractivity contribution in [3.63, 3.8) is 0 Å². The van der Waals surface area contributed by atoms with Crippen LogP contribution >= 0.6 is 0 Å². The molecule has 22 heavy (non-hydrogen) atoms. The highest BCUT2D eigenvalue weighted by Gasteiger charge is 2.32. The predicted octanol–water partition coefficient (Wildman–Crippen LogP) is 3.46. The highest BCUT2D eigenvalue weighted by molar-refractivity contribution is 5.89. The molecule has 3 rings (SSSR count). The summed E-state index contributed by atoms with van der Waals surface area (Å²) in [5.74, 6) is 0.654. The van der Waals surface area contributed by atoms with Crippen molar-refractivity contribution in [3.05, 3.63) is 30.3 Å². The van der Waals surface area contributed by atoms with Crippen LogP contribution in [0.1, 0.15) is 38.5 Å². The molecule has 0 unspecified atom stereocenters. The lowest BCUT2D eigenvalue weighted by atomic mass is 9.87. The molecule has 0 spiro atoms. The minimum atomic E-state index is 0.0802. The van der Waals surface area contributed by atoms with E-state index in [9.17, 15) is 4.79 Å². The number of carbonyl (C=O) groups is 1. The Kier molecular flexibility index (Phi) is 5.33. The molecule has 2 aliphatic rings. The van der Waals surface area contributed by atoms with Crippen molar-refractivity contribution in [3.8, 4) is 0 Å². The average molecular weight is 301 g/mol. The van der Waals surface area contributed by atoms with E-state index in [1.165, 1.54) is 25.7 Å². The van der Waals surface area contributed by atoms with Gasteiger partial charge in [0, 0.05) is 18.3 Å². The summed E-state index contributed by atoms with van der Waals surface area (Å²) in [4.78, 5) is 14.9. The van der Waals surface area contributed by atoms with Gasteiger partial charge in [0.1, 0.15) is 0 Å². The minimum Gasteiger partial charge on any atom is -0.321 e. The van der Waals surface area contributed by atoms with E-state index in [-0.39, 0.29) is 6.03 Å². The number of nitrogens with one attached hydrogen (secondary N) is 2. The molecule has 1 aromatic carbocycles. The summed E-state index contributed by atoms with van der Waals surface area (Å²) in [5, 5.41) is 6.51. The van der Waals surface area contributed by atoms with Crippen LogP contribution in [0.5, 0.6) is 0 Å². The molecular weight excluding hydrogens is 274 g/mol. The first-order valence-electron chi connectivity index (χ1n) is 8.68. The first-order valence-corrected chi connectivity index (χ1v) is 8.68. The van der Waals surface area contributed by atoms with Crippen LogP contribution < -0.4 is 10.6 Å².